The number of sulfone groups is 1. The summed E-state index contributed by atoms with van der Waals surface area (Å²) in [6.07, 6.45) is 1.03. The first-order chi connectivity index (χ1) is 7.18. The zero-order chi connectivity index (χ0) is 12.6. The van der Waals surface area contributed by atoms with Gasteiger partial charge in [0.15, 0.2) is 9.84 Å². The van der Waals surface area contributed by atoms with E-state index in [0.717, 1.165) is 12.3 Å². The van der Waals surface area contributed by atoms with E-state index in [1.165, 1.54) is 12.1 Å². The largest absolute Gasteiger partial charge is 0.395 e. The number of hydrogen-bond acceptors (Lipinski definition) is 3. The molecular formula is C11H15FO3S. The summed E-state index contributed by atoms with van der Waals surface area (Å²) in [7, 11) is -3.40. The van der Waals surface area contributed by atoms with Crippen molar-refractivity contribution >= 4 is 9.84 Å². The lowest BCUT2D eigenvalue weighted by Crippen LogP contribution is -2.23. The number of halogens is 1. The summed E-state index contributed by atoms with van der Waals surface area (Å²) in [5.74, 6) is -0.609. The third kappa shape index (κ3) is 2.59. The monoisotopic (exact) mass is 246 g/mol. The van der Waals surface area contributed by atoms with Crippen LogP contribution in [0.5, 0.6) is 0 Å². The molecule has 3 nitrogen and oxygen atoms in total. The second-order valence-electron chi connectivity index (χ2n) is 4.46. The molecular weight excluding hydrogens is 231 g/mol. The molecule has 1 aromatic rings. The quantitative estimate of drug-likeness (QED) is 0.879. The van der Waals surface area contributed by atoms with E-state index in [4.69, 9.17) is 5.11 Å². The molecule has 0 unspecified atom stereocenters. The average molecular weight is 246 g/mol. The lowest BCUT2D eigenvalue weighted by atomic mass is 9.85. The zero-order valence-corrected chi connectivity index (χ0v) is 10.3. The summed E-state index contributed by atoms with van der Waals surface area (Å²) in [6.45, 7) is 3.17. The lowest BCUT2D eigenvalue weighted by molar-refractivity contribution is 0.215. The van der Waals surface area contributed by atoms with E-state index < -0.39 is 21.1 Å². The molecule has 1 rings (SSSR count). The maximum atomic E-state index is 13.7. The summed E-state index contributed by atoms with van der Waals surface area (Å²) >= 11 is 0. The van der Waals surface area contributed by atoms with Crippen molar-refractivity contribution in [2.24, 2.45) is 0 Å². The molecule has 0 fully saturated rings. The Morgan fingerprint density at radius 3 is 2.31 bits per heavy atom. The second kappa shape index (κ2) is 4.14. The maximum absolute atomic E-state index is 13.7. The van der Waals surface area contributed by atoms with Gasteiger partial charge in [-0.15, -0.1) is 0 Å². The molecule has 90 valence electrons. The van der Waals surface area contributed by atoms with E-state index in [0.29, 0.717) is 5.56 Å². The highest BCUT2D eigenvalue weighted by atomic mass is 32.2. The smallest absolute Gasteiger partial charge is 0.175 e. The van der Waals surface area contributed by atoms with Crippen molar-refractivity contribution in [1.29, 1.82) is 0 Å². The molecule has 0 bridgehead atoms. The van der Waals surface area contributed by atoms with E-state index in [9.17, 15) is 12.8 Å². The molecule has 1 aromatic carbocycles. The number of aliphatic hydroxyl groups is 1. The highest BCUT2D eigenvalue weighted by molar-refractivity contribution is 7.90. The normalized spacial score (nSPS) is 12.8. The first kappa shape index (κ1) is 13.1. The Morgan fingerprint density at radius 1 is 1.38 bits per heavy atom. The number of aliphatic hydroxyl groups excluding tert-OH is 1. The average Bonchev–Trinajstić information content (AvgIpc) is 2.16. The molecule has 5 heteroatoms. The van der Waals surface area contributed by atoms with E-state index in [1.54, 1.807) is 13.8 Å². The SMILES string of the molecule is CC(C)(CO)c1ccc(S(C)(=O)=O)cc1F. The van der Waals surface area contributed by atoms with Gasteiger partial charge in [-0.25, -0.2) is 12.8 Å². The van der Waals surface area contributed by atoms with E-state index in [2.05, 4.69) is 0 Å². The van der Waals surface area contributed by atoms with Crippen LogP contribution in [0.15, 0.2) is 23.1 Å². The third-order valence-corrected chi connectivity index (χ3v) is 3.60. The van der Waals surface area contributed by atoms with Crippen molar-refractivity contribution < 1.29 is 17.9 Å². The Labute approximate surface area is 94.8 Å². The molecule has 0 saturated heterocycles. The van der Waals surface area contributed by atoms with Gasteiger partial charge in [-0.3, -0.25) is 0 Å². The minimum absolute atomic E-state index is 0.0533. The molecule has 0 aliphatic heterocycles. The summed E-state index contributed by atoms with van der Waals surface area (Å²) in [4.78, 5) is -0.0533. The topological polar surface area (TPSA) is 54.4 Å². The van der Waals surface area contributed by atoms with Crippen molar-refractivity contribution in [2.45, 2.75) is 24.2 Å². The summed E-state index contributed by atoms with van der Waals surface area (Å²) in [5.41, 5.74) is -0.414. The van der Waals surface area contributed by atoms with Crippen LogP contribution in [0.2, 0.25) is 0 Å². The number of benzene rings is 1. The molecule has 0 amide bonds. The van der Waals surface area contributed by atoms with Gasteiger partial charge < -0.3 is 5.11 Å². The number of hydrogen-bond donors (Lipinski definition) is 1. The summed E-state index contributed by atoms with van der Waals surface area (Å²) in [5, 5.41) is 9.12. The third-order valence-electron chi connectivity index (χ3n) is 2.49. The van der Waals surface area contributed by atoms with Gasteiger partial charge in [0.05, 0.1) is 11.5 Å². The van der Waals surface area contributed by atoms with Crippen LogP contribution in [0.4, 0.5) is 4.39 Å². The molecule has 16 heavy (non-hydrogen) atoms. The molecule has 0 heterocycles. The highest BCUT2D eigenvalue weighted by Crippen LogP contribution is 2.26. The Kier molecular flexibility index (Phi) is 3.40. The molecule has 0 aromatic heterocycles. The van der Waals surface area contributed by atoms with Crippen LogP contribution in [-0.4, -0.2) is 26.4 Å². The fraction of sp³-hybridized carbons (Fsp3) is 0.455. The highest BCUT2D eigenvalue weighted by Gasteiger charge is 2.24. The van der Waals surface area contributed by atoms with Crippen molar-refractivity contribution in [1.82, 2.24) is 0 Å². The van der Waals surface area contributed by atoms with Gasteiger partial charge in [-0.05, 0) is 17.7 Å². The van der Waals surface area contributed by atoms with Crippen LogP contribution in [0.3, 0.4) is 0 Å². The van der Waals surface area contributed by atoms with Crippen LogP contribution in [0.25, 0.3) is 0 Å². The standard InChI is InChI=1S/C11H15FO3S/c1-11(2,7-13)9-5-4-8(6-10(9)12)16(3,14)15/h4-6,13H,7H2,1-3H3. The predicted molar refractivity (Wildman–Crippen MR) is 59.6 cm³/mol. The zero-order valence-electron chi connectivity index (χ0n) is 9.49. The van der Waals surface area contributed by atoms with E-state index >= 15 is 0 Å². The number of rotatable bonds is 3. The molecule has 0 aliphatic rings. The first-order valence-electron chi connectivity index (χ1n) is 4.79. The Bertz CT molecular complexity index is 492. The van der Waals surface area contributed by atoms with Gasteiger partial charge in [-0.2, -0.15) is 0 Å². The minimum Gasteiger partial charge on any atom is -0.395 e. The first-order valence-corrected chi connectivity index (χ1v) is 6.68. The van der Waals surface area contributed by atoms with Gasteiger partial charge in [0.25, 0.3) is 0 Å². The Hall–Kier alpha value is -0.940. The molecule has 1 N–H and O–H groups in total. The Balaban J connectivity index is 3.31. The molecule has 0 saturated carbocycles. The van der Waals surface area contributed by atoms with Crippen molar-refractivity contribution in [3.8, 4) is 0 Å². The van der Waals surface area contributed by atoms with Gasteiger partial charge >= 0.3 is 0 Å². The molecule has 0 aliphatic carbocycles. The van der Waals surface area contributed by atoms with Crippen LogP contribution in [0, 0.1) is 5.82 Å². The molecule has 0 radical (unpaired) electrons. The van der Waals surface area contributed by atoms with E-state index in [1.807, 2.05) is 0 Å². The van der Waals surface area contributed by atoms with Crippen molar-refractivity contribution in [3.63, 3.8) is 0 Å². The maximum Gasteiger partial charge on any atom is 0.175 e. The van der Waals surface area contributed by atoms with Gasteiger partial charge in [0.2, 0.25) is 0 Å². The fourth-order valence-electron chi connectivity index (χ4n) is 1.36. The minimum atomic E-state index is -3.40. The van der Waals surface area contributed by atoms with Crippen LogP contribution < -0.4 is 0 Å². The second-order valence-corrected chi connectivity index (χ2v) is 6.47. The van der Waals surface area contributed by atoms with Gasteiger partial charge in [-0.1, -0.05) is 19.9 Å². The lowest BCUT2D eigenvalue weighted by Gasteiger charge is -2.22. The summed E-state index contributed by atoms with van der Waals surface area (Å²) in [6, 6.07) is 3.75. The van der Waals surface area contributed by atoms with Crippen LogP contribution >= 0.6 is 0 Å². The van der Waals surface area contributed by atoms with Crippen LogP contribution in [-0.2, 0) is 15.3 Å². The van der Waals surface area contributed by atoms with Crippen molar-refractivity contribution in [3.05, 3.63) is 29.6 Å². The van der Waals surface area contributed by atoms with E-state index in [-0.39, 0.29) is 11.5 Å². The Morgan fingerprint density at radius 2 is 1.94 bits per heavy atom. The van der Waals surface area contributed by atoms with Crippen LogP contribution in [0.1, 0.15) is 19.4 Å². The molecule has 0 spiro atoms. The van der Waals surface area contributed by atoms with Gasteiger partial charge in [0, 0.05) is 11.7 Å². The predicted octanol–water partition coefficient (Wildman–Crippen LogP) is 1.50. The van der Waals surface area contributed by atoms with Gasteiger partial charge in [0.1, 0.15) is 5.82 Å². The van der Waals surface area contributed by atoms with Crippen molar-refractivity contribution in [2.75, 3.05) is 12.9 Å². The summed E-state index contributed by atoms with van der Waals surface area (Å²) < 4.78 is 36.1. The molecule has 0 atom stereocenters. The fourth-order valence-corrected chi connectivity index (χ4v) is 1.99.